The molecule has 0 aliphatic rings. The molecule has 4 nitrogen and oxygen atoms in total. The number of nitrogens with one attached hydrogen (secondary N) is 1. The van der Waals surface area contributed by atoms with Crippen LogP contribution in [-0.4, -0.2) is 21.2 Å². The molecule has 1 rings (SSSR count). The van der Waals surface area contributed by atoms with E-state index >= 15 is 0 Å². The van der Waals surface area contributed by atoms with E-state index in [0.717, 1.165) is 0 Å². The third-order valence-corrected chi connectivity index (χ3v) is 1.65. The summed E-state index contributed by atoms with van der Waals surface area (Å²) in [5, 5.41) is 9.85. The van der Waals surface area contributed by atoms with E-state index in [-0.39, 0.29) is 11.2 Å². The van der Waals surface area contributed by atoms with Crippen molar-refractivity contribution in [1.29, 1.82) is 0 Å². The number of H-pyrrole nitrogens is 1. The SMILES string of the molecule is CC(C)(C)C(=O)Cc1c[nH]nn1. The fourth-order valence-electron chi connectivity index (χ4n) is 0.741. The van der Waals surface area contributed by atoms with Crippen molar-refractivity contribution in [1.82, 2.24) is 15.4 Å². The van der Waals surface area contributed by atoms with Crippen LogP contribution in [0, 0.1) is 5.41 Å². The lowest BCUT2D eigenvalue weighted by Gasteiger charge is -2.14. The van der Waals surface area contributed by atoms with Crippen LogP contribution < -0.4 is 0 Å². The molecule has 0 bridgehead atoms. The van der Waals surface area contributed by atoms with Crippen molar-refractivity contribution in [2.45, 2.75) is 27.2 Å². The van der Waals surface area contributed by atoms with Gasteiger partial charge in [0.15, 0.2) is 0 Å². The van der Waals surface area contributed by atoms with Crippen LogP contribution in [-0.2, 0) is 11.2 Å². The van der Waals surface area contributed by atoms with E-state index in [1.807, 2.05) is 20.8 Å². The van der Waals surface area contributed by atoms with Crippen molar-refractivity contribution in [2.24, 2.45) is 5.41 Å². The van der Waals surface area contributed by atoms with Crippen LogP contribution in [0.3, 0.4) is 0 Å². The largest absolute Gasteiger partial charge is 0.299 e. The summed E-state index contributed by atoms with van der Waals surface area (Å²) < 4.78 is 0. The minimum atomic E-state index is -0.293. The number of carbonyl (C=O) groups is 1. The number of hydrogen-bond donors (Lipinski definition) is 1. The molecule has 0 radical (unpaired) electrons. The molecule has 0 aliphatic heterocycles. The molecule has 0 aromatic carbocycles. The number of nitrogens with zero attached hydrogens (tertiary/aromatic N) is 2. The van der Waals surface area contributed by atoms with E-state index in [0.29, 0.717) is 12.1 Å². The Morgan fingerprint density at radius 2 is 2.25 bits per heavy atom. The Bertz CT molecular complexity index is 258. The maximum Gasteiger partial charge on any atom is 0.144 e. The molecule has 12 heavy (non-hydrogen) atoms. The topological polar surface area (TPSA) is 58.6 Å². The molecule has 0 spiro atoms. The van der Waals surface area contributed by atoms with Crippen LogP contribution in [0.15, 0.2) is 6.20 Å². The summed E-state index contributed by atoms with van der Waals surface area (Å²) in [6.45, 7) is 5.69. The van der Waals surface area contributed by atoms with Crippen molar-refractivity contribution in [3.63, 3.8) is 0 Å². The number of rotatable bonds is 2. The Labute approximate surface area is 71.4 Å². The van der Waals surface area contributed by atoms with Gasteiger partial charge < -0.3 is 0 Å². The molecular formula is C8H13N3O. The number of hydrogen-bond acceptors (Lipinski definition) is 3. The highest BCUT2D eigenvalue weighted by molar-refractivity contribution is 5.85. The van der Waals surface area contributed by atoms with Gasteiger partial charge in [0, 0.05) is 11.6 Å². The van der Waals surface area contributed by atoms with Crippen molar-refractivity contribution in [2.75, 3.05) is 0 Å². The van der Waals surface area contributed by atoms with Crippen molar-refractivity contribution in [3.05, 3.63) is 11.9 Å². The van der Waals surface area contributed by atoms with E-state index in [2.05, 4.69) is 15.4 Å². The van der Waals surface area contributed by atoms with Crippen molar-refractivity contribution < 1.29 is 4.79 Å². The molecule has 1 N–H and O–H groups in total. The van der Waals surface area contributed by atoms with Crippen LogP contribution in [0.1, 0.15) is 26.5 Å². The van der Waals surface area contributed by atoms with Crippen LogP contribution >= 0.6 is 0 Å². The zero-order valence-corrected chi connectivity index (χ0v) is 7.59. The minimum absolute atomic E-state index is 0.177. The fourth-order valence-corrected chi connectivity index (χ4v) is 0.741. The maximum atomic E-state index is 11.5. The third-order valence-electron chi connectivity index (χ3n) is 1.65. The highest BCUT2D eigenvalue weighted by Gasteiger charge is 2.21. The minimum Gasteiger partial charge on any atom is -0.299 e. The standard InChI is InChI=1S/C8H13N3O/c1-8(2,3)7(12)4-6-5-9-11-10-6/h5H,4H2,1-3H3,(H,9,10,11). The van der Waals surface area contributed by atoms with E-state index in [9.17, 15) is 4.79 Å². The lowest BCUT2D eigenvalue weighted by atomic mass is 9.88. The molecule has 1 heterocycles. The molecule has 0 atom stereocenters. The highest BCUT2D eigenvalue weighted by atomic mass is 16.1. The van der Waals surface area contributed by atoms with Crippen LogP contribution in [0.2, 0.25) is 0 Å². The van der Waals surface area contributed by atoms with Crippen LogP contribution in [0.25, 0.3) is 0 Å². The Hall–Kier alpha value is -1.19. The van der Waals surface area contributed by atoms with Gasteiger partial charge in [-0.05, 0) is 0 Å². The molecule has 0 unspecified atom stereocenters. The van der Waals surface area contributed by atoms with Crippen LogP contribution in [0.5, 0.6) is 0 Å². The fraction of sp³-hybridized carbons (Fsp3) is 0.625. The average Bonchev–Trinajstić information content (AvgIpc) is 2.37. The molecule has 4 heteroatoms. The number of ketones is 1. The Balaban J connectivity index is 2.60. The summed E-state index contributed by atoms with van der Waals surface area (Å²) in [4.78, 5) is 11.5. The molecule has 0 aliphatic carbocycles. The number of aromatic nitrogens is 3. The van der Waals surface area contributed by atoms with Crippen LogP contribution in [0.4, 0.5) is 0 Å². The van der Waals surface area contributed by atoms with Gasteiger partial charge in [0.05, 0.1) is 12.1 Å². The molecule has 0 saturated carbocycles. The first-order chi connectivity index (χ1) is 5.50. The molecule has 0 fully saturated rings. The van der Waals surface area contributed by atoms with E-state index < -0.39 is 0 Å². The quantitative estimate of drug-likeness (QED) is 0.713. The Kier molecular flexibility index (Phi) is 2.26. The Morgan fingerprint density at radius 3 is 2.67 bits per heavy atom. The predicted molar refractivity (Wildman–Crippen MR) is 44.5 cm³/mol. The van der Waals surface area contributed by atoms with Gasteiger partial charge in [-0.25, -0.2) is 0 Å². The monoisotopic (exact) mass is 167 g/mol. The lowest BCUT2D eigenvalue weighted by Crippen LogP contribution is -2.22. The molecule has 0 amide bonds. The van der Waals surface area contributed by atoms with Gasteiger partial charge in [-0.15, -0.1) is 5.10 Å². The number of carbonyl (C=O) groups excluding carboxylic acids is 1. The van der Waals surface area contributed by atoms with E-state index in [1.165, 1.54) is 0 Å². The summed E-state index contributed by atoms with van der Waals surface area (Å²) in [5.41, 5.74) is 0.411. The average molecular weight is 167 g/mol. The first kappa shape index (κ1) is 8.90. The smallest absolute Gasteiger partial charge is 0.144 e. The predicted octanol–water partition coefficient (Wildman–Crippen LogP) is 0.962. The van der Waals surface area contributed by atoms with Gasteiger partial charge >= 0.3 is 0 Å². The van der Waals surface area contributed by atoms with Crippen molar-refractivity contribution in [3.8, 4) is 0 Å². The number of aromatic amines is 1. The van der Waals surface area contributed by atoms with Gasteiger partial charge in [-0.3, -0.25) is 9.89 Å². The van der Waals surface area contributed by atoms with Gasteiger partial charge in [0.2, 0.25) is 0 Å². The van der Waals surface area contributed by atoms with Gasteiger partial charge in [0.25, 0.3) is 0 Å². The first-order valence-electron chi connectivity index (χ1n) is 3.89. The summed E-state index contributed by atoms with van der Waals surface area (Å²) in [7, 11) is 0. The van der Waals surface area contributed by atoms with Gasteiger partial charge in [0.1, 0.15) is 5.78 Å². The maximum absolute atomic E-state index is 11.5. The Morgan fingerprint density at radius 1 is 1.58 bits per heavy atom. The van der Waals surface area contributed by atoms with E-state index in [1.54, 1.807) is 6.20 Å². The zero-order chi connectivity index (χ0) is 9.19. The second-order valence-corrected chi connectivity index (χ2v) is 3.81. The summed E-state index contributed by atoms with van der Waals surface area (Å²) in [6, 6.07) is 0. The molecule has 1 aromatic rings. The normalized spacial score (nSPS) is 11.6. The summed E-state index contributed by atoms with van der Waals surface area (Å²) >= 11 is 0. The second kappa shape index (κ2) is 3.05. The lowest BCUT2D eigenvalue weighted by molar-refractivity contribution is -0.125. The van der Waals surface area contributed by atoms with Gasteiger partial charge in [-0.2, -0.15) is 0 Å². The zero-order valence-electron chi connectivity index (χ0n) is 7.59. The number of Topliss-reactive ketones (excluding diaryl/α,β-unsaturated/α-hetero) is 1. The highest BCUT2D eigenvalue weighted by Crippen LogP contribution is 2.16. The van der Waals surface area contributed by atoms with E-state index in [4.69, 9.17) is 0 Å². The molecule has 66 valence electrons. The second-order valence-electron chi connectivity index (χ2n) is 3.81. The first-order valence-corrected chi connectivity index (χ1v) is 3.89. The van der Waals surface area contributed by atoms with Crippen molar-refractivity contribution >= 4 is 5.78 Å². The molecule has 1 aromatic heterocycles. The van der Waals surface area contributed by atoms with Gasteiger partial charge in [-0.1, -0.05) is 26.0 Å². The summed E-state index contributed by atoms with van der Waals surface area (Å²) in [6.07, 6.45) is 2.00. The molecular weight excluding hydrogens is 154 g/mol. The third kappa shape index (κ3) is 2.15. The summed E-state index contributed by atoms with van der Waals surface area (Å²) in [5.74, 6) is 0.177. The molecule has 0 saturated heterocycles.